The monoisotopic (exact) mass is 130 g/mol. The number of allylic oxidation sites excluding steroid dienone is 1. The number of nitrogens with zero attached hydrogens (tertiary/aromatic N) is 1. The van der Waals surface area contributed by atoms with Crippen LogP contribution in [-0.4, -0.2) is 13.1 Å². The minimum absolute atomic E-state index is 0. The molecule has 1 saturated heterocycles. The van der Waals surface area contributed by atoms with Crippen LogP contribution < -0.4 is 5.32 Å². The molecule has 0 bridgehead atoms. The van der Waals surface area contributed by atoms with Gasteiger partial charge in [0.1, 0.15) is 0 Å². The van der Waals surface area contributed by atoms with Crippen LogP contribution in [-0.2, 0) is 0 Å². The van der Waals surface area contributed by atoms with Crippen LogP contribution >= 0.6 is 12.4 Å². The van der Waals surface area contributed by atoms with Crippen LogP contribution in [0.1, 0.15) is 0 Å². The van der Waals surface area contributed by atoms with E-state index < -0.39 is 0 Å². The Morgan fingerprint density at radius 3 is 2.38 bits per heavy atom. The minimum Gasteiger partial charge on any atom is -0.309 e. The first-order valence-corrected chi connectivity index (χ1v) is 2.22. The van der Waals surface area contributed by atoms with Crippen LogP contribution in [0.25, 0.3) is 0 Å². The first-order valence-electron chi connectivity index (χ1n) is 2.22. The van der Waals surface area contributed by atoms with Crippen molar-refractivity contribution >= 4 is 12.4 Å². The van der Waals surface area contributed by atoms with Crippen molar-refractivity contribution in [3.8, 4) is 6.07 Å². The summed E-state index contributed by atoms with van der Waals surface area (Å²) < 4.78 is 0. The van der Waals surface area contributed by atoms with Crippen molar-refractivity contribution in [2.75, 3.05) is 13.1 Å². The van der Waals surface area contributed by atoms with Gasteiger partial charge in [-0.3, -0.25) is 0 Å². The second-order valence-corrected chi connectivity index (χ2v) is 1.54. The largest absolute Gasteiger partial charge is 0.309 e. The van der Waals surface area contributed by atoms with Gasteiger partial charge in [0.05, 0.1) is 6.07 Å². The van der Waals surface area contributed by atoms with Crippen molar-refractivity contribution in [1.29, 1.82) is 5.26 Å². The summed E-state index contributed by atoms with van der Waals surface area (Å²) in [7, 11) is 0. The molecule has 3 heteroatoms. The summed E-state index contributed by atoms with van der Waals surface area (Å²) in [5.41, 5.74) is 1.21. The van der Waals surface area contributed by atoms with E-state index in [1.54, 1.807) is 6.08 Å². The Balaban J connectivity index is 0.000000490. The van der Waals surface area contributed by atoms with Gasteiger partial charge in [0, 0.05) is 19.2 Å². The molecule has 1 aliphatic rings. The van der Waals surface area contributed by atoms with Gasteiger partial charge in [-0.25, -0.2) is 0 Å². The molecule has 1 aliphatic heterocycles. The topological polar surface area (TPSA) is 35.8 Å². The highest BCUT2D eigenvalue weighted by atomic mass is 35.5. The van der Waals surface area contributed by atoms with E-state index in [0.717, 1.165) is 13.1 Å². The van der Waals surface area contributed by atoms with E-state index in [1.807, 2.05) is 6.07 Å². The lowest BCUT2D eigenvalue weighted by atomic mass is 10.1. The third kappa shape index (κ3) is 1.53. The van der Waals surface area contributed by atoms with E-state index in [1.165, 1.54) is 5.57 Å². The van der Waals surface area contributed by atoms with E-state index in [-0.39, 0.29) is 12.4 Å². The summed E-state index contributed by atoms with van der Waals surface area (Å²) in [6.45, 7) is 1.82. The van der Waals surface area contributed by atoms with Crippen LogP contribution in [0, 0.1) is 11.3 Å². The molecule has 0 saturated carbocycles. The lowest BCUT2D eigenvalue weighted by molar-refractivity contribution is 0.669. The maximum Gasteiger partial charge on any atom is 0.0912 e. The van der Waals surface area contributed by atoms with Crippen molar-refractivity contribution in [3.63, 3.8) is 0 Å². The summed E-state index contributed by atoms with van der Waals surface area (Å²) >= 11 is 0. The quantitative estimate of drug-likeness (QED) is 0.484. The lowest BCUT2D eigenvalue weighted by Crippen LogP contribution is -2.33. The number of hydrogen-bond acceptors (Lipinski definition) is 2. The highest BCUT2D eigenvalue weighted by Crippen LogP contribution is 1.97. The Hall–Kier alpha value is -0.520. The van der Waals surface area contributed by atoms with Crippen LogP contribution in [0.3, 0.4) is 0 Å². The number of halogens is 1. The molecule has 2 nitrogen and oxygen atoms in total. The van der Waals surface area contributed by atoms with E-state index in [4.69, 9.17) is 5.26 Å². The van der Waals surface area contributed by atoms with Gasteiger partial charge in [0.15, 0.2) is 0 Å². The number of nitriles is 1. The molecule has 0 aromatic carbocycles. The lowest BCUT2D eigenvalue weighted by Gasteiger charge is -2.16. The fourth-order valence-electron chi connectivity index (χ4n) is 0.463. The fourth-order valence-corrected chi connectivity index (χ4v) is 0.463. The predicted molar refractivity (Wildman–Crippen MR) is 33.8 cm³/mol. The first kappa shape index (κ1) is 7.48. The van der Waals surface area contributed by atoms with Gasteiger partial charge in [-0.1, -0.05) is 0 Å². The zero-order chi connectivity index (χ0) is 5.11. The van der Waals surface area contributed by atoms with Crippen LogP contribution in [0.15, 0.2) is 11.6 Å². The summed E-state index contributed by atoms with van der Waals surface area (Å²) in [5.74, 6) is 0. The second kappa shape index (κ2) is 3.48. The molecule has 1 fully saturated rings. The summed E-state index contributed by atoms with van der Waals surface area (Å²) in [6.07, 6.45) is 1.59. The van der Waals surface area contributed by atoms with E-state index in [0.29, 0.717) is 0 Å². The Morgan fingerprint density at radius 2 is 2.25 bits per heavy atom. The SMILES string of the molecule is Cl.N#CC=C1CNC1. The van der Waals surface area contributed by atoms with Gasteiger partial charge in [0.2, 0.25) is 0 Å². The van der Waals surface area contributed by atoms with Gasteiger partial charge in [0.25, 0.3) is 0 Å². The molecule has 0 aromatic rings. The van der Waals surface area contributed by atoms with Crippen molar-refractivity contribution in [2.24, 2.45) is 0 Å². The molecular formula is C5H7ClN2. The number of hydrogen-bond donors (Lipinski definition) is 1. The smallest absolute Gasteiger partial charge is 0.0912 e. The maximum absolute atomic E-state index is 8.05. The fraction of sp³-hybridized carbons (Fsp3) is 0.400. The zero-order valence-electron chi connectivity index (χ0n) is 4.35. The molecule has 1 heterocycles. The average molecular weight is 131 g/mol. The zero-order valence-corrected chi connectivity index (χ0v) is 5.16. The molecule has 0 aliphatic carbocycles. The summed E-state index contributed by atoms with van der Waals surface area (Å²) in [4.78, 5) is 0. The van der Waals surface area contributed by atoms with Crippen molar-refractivity contribution < 1.29 is 0 Å². The molecule has 0 spiro atoms. The summed E-state index contributed by atoms with van der Waals surface area (Å²) in [6, 6.07) is 1.97. The van der Waals surface area contributed by atoms with Gasteiger partial charge in [-0.15, -0.1) is 12.4 Å². The first-order chi connectivity index (χ1) is 3.43. The van der Waals surface area contributed by atoms with Crippen molar-refractivity contribution in [3.05, 3.63) is 11.6 Å². The van der Waals surface area contributed by atoms with Crippen LogP contribution in [0.4, 0.5) is 0 Å². The van der Waals surface area contributed by atoms with Crippen LogP contribution in [0.2, 0.25) is 0 Å². The molecule has 0 amide bonds. The third-order valence-corrected chi connectivity index (χ3v) is 0.973. The van der Waals surface area contributed by atoms with Gasteiger partial charge < -0.3 is 5.32 Å². The van der Waals surface area contributed by atoms with E-state index in [9.17, 15) is 0 Å². The number of nitrogens with one attached hydrogen (secondary N) is 1. The van der Waals surface area contributed by atoms with Crippen LogP contribution in [0.5, 0.6) is 0 Å². The average Bonchev–Trinajstić information content (AvgIpc) is 1.55. The Morgan fingerprint density at radius 1 is 1.62 bits per heavy atom. The highest BCUT2D eigenvalue weighted by molar-refractivity contribution is 5.85. The van der Waals surface area contributed by atoms with E-state index >= 15 is 0 Å². The standard InChI is InChI=1S/C5H6N2.ClH/c6-2-1-5-3-7-4-5;/h1,7H,3-4H2;1H. The molecule has 0 unspecified atom stereocenters. The third-order valence-electron chi connectivity index (χ3n) is 0.973. The normalized spacial score (nSPS) is 15.1. The van der Waals surface area contributed by atoms with Crippen molar-refractivity contribution in [1.82, 2.24) is 5.32 Å². The molecule has 0 atom stereocenters. The Bertz CT molecular complexity index is 128. The predicted octanol–water partition coefficient (Wildman–Crippen LogP) is 0.461. The molecule has 0 radical (unpaired) electrons. The molecule has 1 N–H and O–H groups in total. The Labute approximate surface area is 54.6 Å². The van der Waals surface area contributed by atoms with Gasteiger partial charge in [-0.2, -0.15) is 5.26 Å². The maximum atomic E-state index is 8.05. The molecule has 0 aromatic heterocycles. The van der Waals surface area contributed by atoms with Gasteiger partial charge in [-0.05, 0) is 5.57 Å². The number of rotatable bonds is 0. The molecule has 8 heavy (non-hydrogen) atoms. The van der Waals surface area contributed by atoms with Crippen molar-refractivity contribution in [2.45, 2.75) is 0 Å². The Kier molecular flexibility index (Phi) is 3.25. The molecule has 44 valence electrons. The van der Waals surface area contributed by atoms with E-state index in [2.05, 4.69) is 5.32 Å². The van der Waals surface area contributed by atoms with Gasteiger partial charge >= 0.3 is 0 Å². The molecule has 1 rings (SSSR count). The second-order valence-electron chi connectivity index (χ2n) is 1.54. The highest BCUT2D eigenvalue weighted by Gasteiger charge is 2.04. The summed E-state index contributed by atoms with van der Waals surface area (Å²) in [5, 5.41) is 11.1. The molecular weight excluding hydrogens is 124 g/mol. The minimum atomic E-state index is 0.